The van der Waals surface area contributed by atoms with Gasteiger partial charge in [-0.15, -0.1) is 0 Å². The average molecular weight is 357 g/mol. The minimum atomic E-state index is -3.66. The maximum Gasteiger partial charge on any atom is 0.306 e. The summed E-state index contributed by atoms with van der Waals surface area (Å²) >= 11 is 1.37. The molecule has 0 bridgehead atoms. The number of rotatable bonds is 4. The number of benzene rings is 2. The number of carbonyl (C=O) groups excluding carboxylic acids is 1. The Morgan fingerprint density at radius 2 is 1.62 bits per heavy atom. The Morgan fingerprint density at radius 3 is 2.25 bits per heavy atom. The van der Waals surface area contributed by atoms with Gasteiger partial charge in [0.2, 0.25) is 0 Å². The zero-order valence-electron chi connectivity index (χ0n) is 12.0. The summed E-state index contributed by atoms with van der Waals surface area (Å²) in [5.41, 5.74) is -3.40. The zero-order chi connectivity index (χ0) is 17.3. The molecule has 8 heteroatoms. The molecule has 1 heterocycles. The number of anilines is 1. The van der Waals surface area contributed by atoms with Gasteiger partial charge < -0.3 is 10.1 Å². The summed E-state index contributed by atoms with van der Waals surface area (Å²) in [6, 6.07) is 13.6. The van der Waals surface area contributed by atoms with E-state index in [2.05, 4.69) is 5.32 Å². The third-order valence-electron chi connectivity index (χ3n) is 3.46. The lowest BCUT2D eigenvalue weighted by atomic mass is 10.0. The van der Waals surface area contributed by atoms with Gasteiger partial charge in [0.15, 0.2) is 0 Å². The van der Waals surface area contributed by atoms with Crippen LogP contribution in [-0.4, -0.2) is 24.4 Å². The van der Waals surface area contributed by atoms with E-state index in [-0.39, 0.29) is 11.4 Å². The van der Waals surface area contributed by atoms with E-state index in [9.17, 15) is 22.4 Å². The van der Waals surface area contributed by atoms with Crippen LogP contribution in [0, 0.1) is 0 Å². The van der Waals surface area contributed by atoms with Gasteiger partial charge in [0.05, 0.1) is 5.69 Å². The van der Waals surface area contributed by atoms with Gasteiger partial charge in [-0.1, -0.05) is 30.0 Å². The van der Waals surface area contributed by atoms with Crippen LogP contribution in [0.1, 0.15) is 0 Å². The summed E-state index contributed by atoms with van der Waals surface area (Å²) < 4.78 is 57.0. The molecule has 0 radical (unpaired) electrons. The second-order valence-corrected chi connectivity index (χ2v) is 6.17. The molecule has 0 atom stereocenters. The van der Waals surface area contributed by atoms with Crippen molar-refractivity contribution in [2.24, 2.45) is 0 Å². The number of ether oxygens (including phenoxy) is 1. The summed E-state index contributed by atoms with van der Waals surface area (Å²) in [4.78, 5) is 13.5. The van der Waals surface area contributed by atoms with E-state index in [4.69, 9.17) is 4.74 Å². The monoisotopic (exact) mass is 357 g/mol. The summed E-state index contributed by atoms with van der Waals surface area (Å²) in [6.07, 6.45) is -7.33. The second kappa shape index (κ2) is 6.35. The number of hydrogen-bond donors (Lipinski definition) is 1. The van der Waals surface area contributed by atoms with Crippen LogP contribution < -0.4 is 10.1 Å². The van der Waals surface area contributed by atoms with Gasteiger partial charge in [0.25, 0.3) is 18.8 Å². The number of alkyl halides is 4. The lowest BCUT2D eigenvalue weighted by Gasteiger charge is -2.35. The number of carbonyl (C=O) groups is 1. The average Bonchev–Trinajstić information content (AvgIpc) is 2.54. The molecule has 0 saturated heterocycles. The van der Waals surface area contributed by atoms with Gasteiger partial charge in [0.1, 0.15) is 5.75 Å². The van der Waals surface area contributed by atoms with Crippen LogP contribution in [-0.2, 0) is 4.79 Å². The number of hydrogen-bond acceptors (Lipinski definition) is 3. The molecule has 1 aliphatic rings. The summed E-state index contributed by atoms with van der Waals surface area (Å²) in [7, 11) is 0. The summed E-state index contributed by atoms with van der Waals surface area (Å²) in [6.45, 7) is 0. The molecule has 3 rings (SSSR count). The van der Waals surface area contributed by atoms with Crippen molar-refractivity contribution in [2.45, 2.75) is 28.2 Å². The molecule has 1 N–H and O–H groups in total. The standard InChI is InChI=1S/C16H11F4NO2S/c17-13(18)16(14(19)20)15(22)21-11-8-10(6-7-12(11)23-16)24-9-4-2-1-3-5-9/h1-8,13-14H,(H,21,22). The van der Waals surface area contributed by atoms with Gasteiger partial charge in [-0.2, -0.15) is 0 Å². The predicted molar refractivity (Wildman–Crippen MR) is 81.0 cm³/mol. The van der Waals surface area contributed by atoms with Crippen LogP contribution in [0.25, 0.3) is 0 Å². The summed E-state index contributed by atoms with van der Waals surface area (Å²) in [5, 5.41) is 2.10. The summed E-state index contributed by atoms with van der Waals surface area (Å²) in [5.74, 6) is -1.77. The predicted octanol–water partition coefficient (Wildman–Crippen LogP) is 4.44. The van der Waals surface area contributed by atoms with Crippen molar-refractivity contribution >= 4 is 23.4 Å². The molecule has 0 unspecified atom stereocenters. The first kappa shape index (κ1) is 16.6. The molecule has 3 nitrogen and oxygen atoms in total. The fourth-order valence-electron chi connectivity index (χ4n) is 2.21. The van der Waals surface area contributed by atoms with Crippen LogP contribution >= 0.6 is 11.8 Å². The lowest BCUT2D eigenvalue weighted by molar-refractivity contribution is -0.177. The minimum absolute atomic E-state index is 0.0813. The highest BCUT2D eigenvalue weighted by Gasteiger charge is 2.60. The van der Waals surface area contributed by atoms with E-state index in [1.807, 2.05) is 30.3 Å². The SMILES string of the molecule is O=C1Nc2cc(Sc3ccccc3)ccc2OC1(C(F)F)C(F)F. The molecule has 0 aliphatic carbocycles. The van der Waals surface area contributed by atoms with Crippen molar-refractivity contribution in [2.75, 3.05) is 5.32 Å². The van der Waals surface area contributed by atoms with Crippen molar-refractivity contribution in [3.63, 3.8) is 0 Å². The third kappa shape index (κ3) is 2.82. The number of fused-ring (bicyclic) bond motifs is 1. The molecule has 126 valence electrons. The van der Waals surface area contributed by atoms with E-state index < -0.39 is 24.4 Å². The second-order valence-electron chi connectivity index (χ2n) is 5.02. The smallest absolute Gasteiger partial charge is 0.306 e. The van der Waals surface area contributed by atoms with Crippen molar-refractivity contribution in [3.05, 3.63) is 48.5 Å². The Balaban J connectivity index is 1.91. The highest BCUT2D eigenvalue weighted by Crippen LogP contribution is 2.42. The van der Waals surface area contributed by atoms with Crippen LogP contribution in [0.2, 0.25) is 0 Å². The van der Waals surface area contributed by atoms with Gasteiger partial charge in [-0.3, -0.25) is 4.79 Å². The van der Waals surface area contributed by atoms with E-state index in [0.29, 0.717) is 4.90 Å². The lowest BCUT2D eigenvalue weighted by Crippen LogP contribution is -2.61. The Kier molecular flexibility index (Phi) is 4.40. The molecule has 1 aliphatic heterocycles. The minimum Gasteiger partial charge on any atom is -0.463 e. The Morgan fingerprint density at radius 1 is 0.958 bits per heavy atom. The topological polar surface area (TPSA) is 38.3 Å². The van der Waals surface area contributed by atoms with Crippen molar-refractivity contribution in [1.82, 2.24) is 0 Å². The first-order chi connectivity index (χ1) is 11.4. The Labute approximate surface area is 139 Å². The third-order valence-corrected chi connectivity index (χ3v) is 4.46. The van der Waals surface area contributed by atoms with Crippen LogP contribution in [0.3, 0.4) is 0 Å². The molecule has 24 heavy (non-hydrogen) atoms. The Bertz CT molecular complexity index is 747. The molecule has 2 aromatic carbocycles. The van der Waals surface area contributed by atoms with Crippen molar-refractivity contribution < 1.29 is 27.1 Å². The Hall–Kier alpha value is -2.22. The van der Waals surface area contributed by atoms with E-state index in [1.54, 1.807) is 6.07 Å². The molecular formula is C16H11F4NO2S. The van der Waals surface area contributed by atoms with Crippen molar-refractivity contribution in [1.29, 1.82) is 0 Å². The fourth-order valence-corrected chi connectivity index (χ4v) is 3.09. The van der Waals surface area contributed by atoms with Gasteiger partial charge in [0, 0.05) is 9.79 Å². The highest BCUT2D eigenvalue weighted by atomic mass is 32.2. The van der Waals surface area contributed by atoms with Gasteiger partial charge in [-0.25, -0.2) is 17.6 Å². The molecule has 0 spiro atoms. The number of nitrogens with one attached hydrogen (secondary N) is 1. The fraction of sp³-hybridized carbons (Fsp3) is 0.188. The van der Waals surface area contributed by atoms with Crippen LogP contribution in [0.5, 0.6) is 5.75 Å². The first-order valence-corrected chi connectivity index (χ1v) is 7.69. The molecule has 1 amide bonds. The largest absolute Gasteiger partial charge is 0.463 e. The highest BCUT2D eigenvalue weighted by molar-refractivity contribution is 7.99. The van der Waals surface area contributed by atoms with Crippen LogP contribution in [0.15, 0.2) is 58.3 Å². The zero-order valence-corrected chi connectivity index (χ0v) is 12.8. The molecular weight excluding hydrogens is 346 g/mol. The maximum absolute atomic E-state index is 13.1. The molecule has 2 aromatic rings. The van der Waals surface area contributed by atoms with E-state index in [0.717, 1.165) is 4.90 Å². The van der Waals surface area contributed by atoms with E-state index in [1.165, 1.54) is 23.9 Å². The van der Waals surface area contributed by atoms with Gasteiger partial charge >= 0.3 is 5.60 Å². The first-order valence-electron chi connectivity index (χ1n) is 6.87. The van der Waals surface area contributed by atoms with E-state index >= 15 is 0 Å². The number of amides is 1. The number of halogens is 4. The molecule has 0 saturated carbocycles. The van der Waals surface area contributed by atoms with Crippen molar-refractivity contribution in [3.8, 4) is 5.75 Å². The maximum atomic E-state index is 13.1. The quantitative estimate of drug-likeness (QED) is 0.823. The van der Waals surface area contributed by atoms with Gasteiger partial charge in [-0.05, 0) is 30.3 Å². The van der Waals surface area contributed by atoms with Crippen LogP contribution in [0.4, 0.5) is 23.2 Å². The molecule has 0 fully saturated rings. The molecule has 0 aromatic heterocycles. The normalized spacial score (nSPS) is 15.8.